The van der Waals surface area contributed by atoms with Gasteiger partial charge in [0.2, 0.25) is 0 Å². The van der Waals surface area contributed by atoms with Gasteiger partial charge in [0.05, 0.1) is 33.5 Å². The van der Waals surface area contributed by atoms with Gasteiger partial charge in [-0.05, 0) is 112 Å². The first-order valence-corrected chi connectivity index (χ1v) is 19.0. The third-order valence-electron chi connectivity index (χ3n) is 10.9. The fourth-order valence-electron chi connectivity index (χ4n) is 7.19. The maximum Gasteiger partial charge on any atom is 0.149 e. The SMILES string of the molecule is [2H]c1c([2H])c(C([2H])([2H])[2H])c([2H])c([2H])c1-c1ccnc(-c2cc(-c3cccc4c3nc(-c3ccccc3O)n4-c3ccc(C(C)(C)CC)cc3-c3ccccc3)cc(C(C)(C)C)c2)c1. The molecule has 6 aromatic carbocycles. The highest BCUT2D eigenvalue weighted by molar-refractivity contribution is 5.97. The summed E-state index contributed by atoms with van der Waals surface area (Å²) in [7, 11) is 0. The van der Waals surface area contributed by atoms with Crippen LogP contribution in [-0.2, 0) is 10.8 Å². The van der Waals surface area contributed by atoms with Gasteiger partial charge in [-0.3, -0.25) is 9.55 Å². The Balaban J connectivity index is 1.37. The number of para-hydroxylation sites is 2. The Morgan fingerprint density at radius 3 is 2.11 bits per heavy atom. The summed E-state index contributed by atoms with van der Waals surface area (Å²) in [5.41, 5.74) is 9.84. The molecule has 56 heavy (non-hydrogen) atoms. The molecule has 278 valence electrons. The van der Waals surface area contributed by atoms with E-state index >= 15 is 0 Å². The molecule has 0 fully saturated rings. The van der Waals surface area contributed by atoms with Crippen LogP contribution in [0.1, 0.15) is 74.2 Å². The van der Waals surface area contributed by atoms with E-state index in [1.807, 2.05) is 48.5 Å². The van der Waals surface area contributed by atoms with Crippen molar-refractivity contribution in [3.63, 3.8) is 0 Å². The van der Waals surface area contributed by atoms with Crippen LogP contribution < -0.4 is 0 Å². The van der Waals surface area contributed by atoms with Gasteiger partial charge in [0.1, 0.15) is 11.6 Å². The summed E-state index contributed by atoms with van der Waals surface area (Å²) in [4.78, 5) is 10.1. The number of hydrogen-bond donors (Lipinski definition) is 1. The zero-order valence-electron chi connectivity index (χ0n) is 39.6. The van der Waals surface area contributed by atoms with E-state index in [9.17, 15) is 5.11 Å². The predicted octanol–water partition coefficient (Wildman–Crippen LogP) is 13.8. The topological polar surface area (TPSA) is 50.9 Å². The molecule has 0 aliphatic rings. The van der Waals surface area contributed by atoms with E-state index in [1.165, 1.54) is 5.56 Å². The van der Waals surface area contributed by atoms with Crippen LogP contribution in [0, 0.1) is 6.85 Å². The minimum absolute atomic E-state index is 0.00186. The zero-order valence-corrected chi connectivity index (χ0v) is 32.6. The zero-order chi connectivity index (χ0) is 45.2. The number of benzene rings is 6. The fraction of sp³-hybridized carbons (Fsp3) is 0.192. The lowest BCUT2D eigenvalue weighted by molar-refractivity contribution is 0.477. The van der Waals surface area contributed by atoms with Gasteiger partial charge in [0.15, 0.2) is 0 Å². The van der Waals surface area contributed by atoms with Crippen molar-refractivity contribution in [2.24, 2.45) is 0 Å². The average molecular weight is 739 g/mol. The monoisotopic (exact) mass is 738 g/mol. The maximum absolute atomic E-state index is 11.4. The first-order valence-electron chi connectivity index (χ1n) is 22.5. The molecule has 0 saturated carbocycles. The fourth-order valence-corrected chi connectivity index (χ4v) is 7.19. The van der Waals surface area contributed by atoms with E-state index < -0.39 is 36.6 Å². The minimum Gasteiger partial charge on any atom is -0.507 e. The Bertz CT molecular complexity index is 3030. The molecule has 0 spiro atoms. The van der Waals surface area contributed by atoms with Crippen molar-refractivity contribution in [1.82, 2.24) is 14.5 Å². The Morgan fingerprint density at radius 2 is 1.38 bits per heavy atom. The van der Waals surface area contributed by atoms with E-state index in [0.717, 1.165) is 56.5 Å². The van der Waals surface area contributed by atoms with Crippen LogP contribution in [0.15, 0.2) is 152 Å². The number of imidazole rings is 1. The lowest BCUT2D eigenvalue weighted by Crippen LogP contribution is -2.16. The largest absolute Gasteiger partial charge is 0.507 e. The normalized spacial score (nSPS) is 14.0. The molecule has 4 heteroatoms. The Labute approximate surface area is 341 Å². The van der Waals surface area contributed by atoms with Gasteiger partial charge in [-0.25, -0.2) is 4.98 Å². The molecule has 0 unspecified atom stereocenters. The van der Waals surface area contributed by atoms with Crippen molar-refractivity contribution in [2.45, 2.75) is 65.6 Å². The van der Waals surface area contributed by atoms with Crippen molar-refractivity contribution in [3.05, 3.63) is 168 Å². The van der Waals surface area contributed by atoms with Gasteiger partial charge >= 0.3 is 0 Å². The number of phenols is 1. The van der Waals surface area contributed by atoms with Crippen LogP contribution in [0.4, 0.5) is 0 Å². The van der Waals surface area contributed by atoms with Crippen LogP contribution in [0.2, 0.25) is 0 Å². The number of nitrogens with zero attached hydrogens (tertiary/aromatic N) is 3. The molecule has 0 saturated heterocycles. The summed E-state index contributed by atoms with van der Waals surface area (Å²) in [5, 5.41) is 11.4. The molecule has 0 amide bonds. The van der Waals surface area contributed by atoms with Gasteiger partial charge in [-0.1, -0.05) is 138 Å². The van der Waals surface area contributed by atoms with Crippen molar-refractivity contribution in [3.8, 4) is 67.5 Å². The first-order chi connectivity index (χ1) is 29.8. The summed E-state index contributed by atoms with van der Waals surface area (Å²) in [6.45, 7) is 10.3. The minimum atomic E-state index is -2.81. The Hall–Kier alpha value is -6.26. The van der Waals surface area contributed by atoms with Crippen LogP contribution in [-0.4, -0.2) is 19.6 Å². The van der Waals surface area contributed by atoms with Crippen LogP contribution >= 0.6 is 0 Å². The van der Waals surface area contributed by atoms with Crippen molar-refractivity contribution in [2.75, 3.05) is 0 Å². The number of rotatable bonds is 8. The van der Waals surface area contributed by atoms with E-state index in [0.29, 0.717) is 22.6 Å². The summed E-state index contributed by atoms with van der Waals surface area (Å²) >= 11 is 0. The number of aromatic nitrogens is 3. The Morgan fingerprint density at radius 1 is 0.643 bits per heavy atom. The van der Waals surface area contributed by atoms with Gasteiger partial charge in [0, 0.05) is 27.0 Å². The molecule has 8 aromatic rings. The van der Waals surface area contributed by atoms with E-state index in [2.05, 4.69) is 94.6 Å². The molecular formula is C52H49N3O. The molecular weight excluding hydrogens is 683 g/mol. The second kappa shape index (κ2) is 14.4. The van der Waals surface area contributed by atoms with Crippen LogP contribution in [0.5, 0.6) is 5.75 Å². The van der Waals surface area contributed by atoms with Gasteiger partial charge < -0.3 is 5.11 Å². The third kappa shape index (κ3) is 6.92. The number of phenolic OH excluding ortho intramolecular Hbond substituents is 1. The molecule has 4 nitrogen and oxygen atoms in total. The highest BCUT2D eigenvalue weighted by atomic mass is 16.3. The highest BCUT2D eigenvalue weighted by Crippen LogP contribution is 2.42. The summed E-state index contributed by atoms with van der Waals surface area (Å²) < 4.78 is 60.4. The van der Waals surface area contributed by atoms with Crippen molar-refractivity contribution in [1.29, 1.82) is 0 Å². The lowest BCUT2D eigenvalue weighted by atomic mass is 9.81. The second-order valence-corrected chi connectivity index (χ2v) is 16.0. The number of hydrogen-bond acceptors (Lipinski definition) is 3. The number of aromatic hydroxyl groups is 1. The van der Waals surface area contributed by atoms with E-state index in [-0.39, 0.29) is 22.1 Å². The summed E-state index contributed by atoms with van der Waals surface area (Å²) in [5.74, 6) is 0.694. The molecule has 2 aromatic heterocycles. The lowest BCUT2D eigenvalue weighted by Gasteiger charge is -2.25. The molecule has 0 aliphatic heterocycles. The predicted molar refractivity (Wildman–Crippen MR) is 234 cm³/mol. The molecule has 8 rings (SSSR count). The maximum atomic E-state index is 11.4. The van der Waals surface area contributed by atoms with E-state index in [4.69, 9.17) is 19.6 Å². The standard InChI is InChI=1S/C52H49N3O/c1-8-52(6,7)40-25-26-46(44(33-40)36-15-10-9-11-16-36)55-47-19-14-18-42(49(47)54-50(55)43-17-12-13-20-48(43)56)38-29-39(31-41(30-38)51(3,4)5)45-32-37(27-28-53-45)35-23-21-34(2)22-24-35/h9-33,56H,8H2,1-7H3/i2D3,21D,22D,23D,24D. The third-order valence-corrected chi connectivity index (χ3v) is 10.9. The van der Waals surface area contributed by atoms with Gasteiger partial charge in [-0.15, -0.1) is 0 Å². The molecule has 2 heterocycles. The van der Waals surface area contributed by atoms with Crippen LogP contribution in [0.25, 0.3) is 72.7 Å². The smallest absolute Gasteiger partial charge is 0.149 e. The highest BCUT2D eigenvalue weighted by Gasteiger charge is 2.25. The van der Waals surface area contributed by atoms with Crippen molar-refractivity contribution < 1.29 is 14.7 Å². The van der Waals surface area contributed by atoms with Gasteiger partial charge in [-0.2, -0.15) is 0 Å². The number of fused-ring (bicyclic) bond motifs is 1. The molecule has 0 aliphatic carbocycles. The first kappa shape index (κ1) is 29.1. The van der Waals surface area contributed by atoms with Crippen molar-refractivity contribution >= 4 is 11.0 Å². The van der Waals surface area contributed by atoms with Gasteiger partial charge in [0.25, 0.3) is 0 Å². The number of pyridine rings is 1. The summed E-state index contributed by atoms with van der Waals surface area (Å²) in [6, 6.07) is 38.0. The second-order valence-electron chi connectivity index (χ2n) is 16.0. The van der Waals surface area contributed by atoms with Crippen LogP contribution in [0.3, 0.4) is 0 Å². The van der Waals surface area contributed by atoms with E-state index in [1.54, 1.807) is 30.5 Å². The quantitative estimate of drug-likeness (QED) is 0.169. The molecule has 0 atom stereocenters. The average Bonchev–Trinajstić information content (AvgIpc) is 3.64. The molecule has 0 radical (unpaired) electrons. The molecule has 1 N–H and O–H groups in total. The molecule has 0 bridgehead atoms. The summed E-state index contributed by atoms with van der Waals surface area (Å²) in [6.07, 6.45) is 2.53. The Kier molecular flexibility index (Phi) is 7.49.